The highest BCUT2D eigenvalue weighted by Gasteiger charge is 2.28. The van der Waals surface area contributed by atoms with Crippen LogP contribution in [-0.2, 0) is 14.1 Å². The minimum Gasteiger partial charge on any atom is -0.468 e. The van der Waals surface area contributed by atoms with E-state index >= 15 is 0 Å². The summed E-state index contributed by atoms with van der Waals surface area (Å²) in [5.74, 6) is 0.296. The van der Waals surface area contributed by atoms with Crippen molar-refractivity contribution in [3.63, 3.8) is 0 Å². The third-order valence-electron chi connectivity index (χ3n) is 2.68. The molecule has 0 aliphatic rings. The predicted molar refractivity (Wildman–Crippen MR) is 86.7 cm³/mol. The van der Waals surface area contributed by atoms with Gasteiger partial charge in [0.05, 0.1) is 7.11 Å². The van der Waals surface area contributed by atoms with Crippen LogP contribution >= 0.6 is 23.4 Å². The van der Waals surface area contributed by atoms with Gasteiger partial charge in [-0.1, -0.05) is 29.8 Å². The molecule has 1 N–H and O–H groups in total. The topological polar surface area (TPSA) is 64.6 Å². The average Bonchev–Trinajstić information content (AvgIpc) is 2.38. The molecule has 0 aromatic heterocycles. The summed E-state index contributed by atoms with van der Waals surface area (Å²) in [7, 11) is -1.86. The van der Waals surface area contributed by atoms with E-state index in [-0.39, 0.29) is 5.92 Å². The van der Waals surface area contributed by atoms with E-state index < -0.39 is 19.5 Å². The molecule has 0 saturated carbocycles. The summed E-state index contributed by atoms with van der Waals surface area (Å²) >= 11 is 3.32. The first-order valence-corrected chi connectivity index (χ1v) is 9.48. The van der Waals surface area contributed by atoms with E-state index in [1.165, 1.54) is 13.8 Å². The number of ether oxygens (including phenoxy) is 1. The standard InChI is InChI=1S/C14H21BrNO4P/c1-10(2)9-13(14(17)19-3)16-21(4,18)20-12-7-5-11(15)6-8-12/h5-8,10,13H,9H2,1-4H3,(H,16,18)/t13-,21?/m0/s1. The van der Waals surface area contributed by atoms with Gasteiger partial charge in [-0.3, -0.25) is 9.36 Å². The highest BCUT2D eigenvalue weighted by atomic mass is 79.9. The number of carbonyl (C=O) groups is 1. The van der Waals surface area contributed by atoms with Crippen LogP contribution in [0.5, 0.6) is 5.75 Å². The SMILES string of the molecule is COC(=O)[C@H](CC(C)C)NP(C)(=O)Oc1ccc(Br)cc1. The molecule has 2 atom stereocenters. The van der Waals surface area contributed by atoms with Gasteiger partial charge in [0.25, 0.3) is 0 Å². The Hall–Kier alpha value is -0.840. The number of hydrogen-bond acceptors (Lipinski definition) is 4. The van der Waals surface area contributed by atoms with Crippen LogP contribution in [0.1, 0.15) is 20.3 Å². The van der Waals surface area contributed by atoms with Crippen molar-refractivity contribution in [3.8, 4) is 5.75 Å². The van der Waals surface area contributed by atoms with E-state index in [4.69, 9.17) is 9.26 Å². The van der Waals surface area contributed by atoms with Crippen LogP contribution in [0, 0.1) is 5.92 Å². The molecule has 0 amide bonds. The number of halogens is 1. The van der Waals surface area contributed by atoms with Gasteiger partial charge in [-0.15, -0.1) is 0 Å². The van der Waals surface area contributed by atoms with Crippen LogP contribution in [0.4, 0.5) is 0 Å². The first-order chi connectivity index (χ1) is 9.73. The molecule has 1 unspecified atom stereocenters. The zero-order valence-corrected chi connectivity index (χ0v) is 15.1. The van der Waals surface area contributed by atoms with Crippen molar-refractivity contribution in [1.82, 2.24) is 5.09 Å². The first kappa shape index (κ1) is 18.2. The minimum atomic E-state index is -3.18. The molecule has 1 aromatic carbocycles. The fraction of sp³-hybridized carbons (Fsp3) is 0.500. The monoisotopic (exact) mass is 377 g/mol. The summed E-state index contributed by atoms with van der Waals surface area (Å²) in [5, 5.41) is 2.79. The Morgan fingerprint density at radius 1 is 1.33 bits per heavy atom. The number of nitrogens with one attached hydrogen (secondary N) is 1. The van der Waals surface area contributed by atoms with Gasteiger partial charge in [-0.05, 0) is 36.6 Å². The Kier molecular flexibility index (Phi) is 6.91. The van der Waals surface area contributed by atoms with Gasteiger partial charge >= 0.3 is 13.5 Å². The highest BCUT2D eigenvalue weighted by Crippen LogP contribution is 2.40. The first-order valence-electron chi connectivity index (χ1n) is 6.62. The molecule has 5 nitrogen and oxygen atoms in total. The molecule has 0 saturated heterocycles. The van der Waals surface area contributed by atoms with Crippen LogP contribution in [0.3, 0.4) is 0 Å². The Bertz CT molecular complexity index is 518. The van der Waals surface area contributed by atoms with Crippen molar-refractivity contribution in [3.05, 3.63) is 28.7 Å². The van der Waals surface area contributed by atoms with Crippen molar-refractivity contribution in [1.29, 1.82) is 0 Å². The van der Waals surface area contributed by atoms with E-state index in [1.54, 1.807) is 24.3 Å². The summed E-state index contributed by atoms with van der Waals surface area (Å²) in [6.45, 7) is 5.41. The molecule has 7 heteroatoms. The van der Waals surface area contributed by atoms with Crippen LogP contribution in [0.25, 0.3) is 0 Å². The summed E-state index contributed by atoms with van der Waals surface area (Å²) < 4.78 is 23.7. The van der Waals surface area contributed by atoms with Crippen LogP contribution < -0.4 is 9.61 Å². The second-order valence-corrected chi connectivity index (χ2v) is 8.27. The van der Waals surface area contributed by atoms with Gasteiger partial charge in [-0.2, -0.15) is 0 Å². The van der Waals surface area contributed by atoms with Crippen molar-refractivity contribution in [2.45, 2.75) is 26.3 Å². The molecule has 0 aliphatic carbocycles. The molecular weight excluding hydrogens is 357 g/mol. The summed E-state index contributed by atoms with van der Waals surface area (Å²) in [6, 6.07) is 6.35. The fourth-order valence-electron chi connectivity index (χ4n) is 1.82. The largest absolute Gasteiger partial charge is 0.468 e. The number of esters is 1. The molecule has 0 radical (unpaired) electrons. The molecule has 0 fully saturated rings. The average molecular weight is 378 g/mol. The molecule has 0 bridgehead atoms. The molecule has 21 heavy (non-hydrogen) atoms. The van der Waals surface area contributed by atoms with E-state index in [2.05, 4.69) is 21.0 Å². The van der Waals surface area contributed by atoms with Gasteiger partial charge in [0, 0.05) is 11.1 Å². The van der Waals surface area contributed by atoms with E-state index in [1.807, 2.05) is 13.8 Å². The van der Waals surface area contributed by atoms with Crippen LogP contribution in [0.15, 0.2) is 28.7 Å². The Balaban J connectivity index is 2.77. The molecule has 1 rings (SSSR count). The number of hydrogen-bond donors (Lipinski definition) is 1. The van der Waals surface area contributed by atoms with Crippen LogP contribution in [-0.4, -0.2) is 25.8 Å². The summed E-state index contributed by atoms with van der Waals surface area (Å²) in [6.07, 6.45) is 0.522. The molecule has 118 valence electrons. The minimum absolute atomic E-state index is 0.259. The Morgan fingerprint density at radius 3 is 2.38 bits per heavy atom. The zero-order valence-electron chi connectivity index (χ0n) is 12.6. The number of benzene rings is 1. The maximum atomic E-state index is 12.5. The van der Waals surface area contributed by atoms with Gasteiger partial charge in [-0.25, -0.2) is 5.09 Å². The van der Waals surface area contributed by atoms with Crippen molar-refractivity contribution < 1.29 is 18.6 Å². The molecule has 0 heterocycles. The molecule has 0 spiro atoms. The lowest BCUT2D eigenvalue weighted by Gasteiger charge is -2.23. The number of rotatable bonds is 7. The zero-order chi connectivity index (χ0) is 16.0. The normalized spacial score (nSPS) is 15.3. The second-order valence-electron chi connectivity index (χ2n) is 5.23. The van der Waals surface area contributed by atoms with Gasteiger partial charge < -0.3 is 9.26 Å². The van der Waals surface area contributed by atoms with Gasteiger partial charge in [0.2, 0.25) is 0 Å². The summed E-state index contributed by atoms with van der Waals surface area (Å²) in [4.78, 5) is 11.8. The quantitative estimate of drug-likeness (QED) is 0.577. The van der Waals surface area contributed by atoms with Gasteiger partial charge in [0.1, 0.15) is 11.8 Å². The molecular formula is C14H21BrNO4P. The van der Waals surface area contributed by atoms with Crippen molar-refractivity contribution >= 4 is 29.4 Å². The molecule has 1 aromatic rings. The number of methoxy groups -OCH3 is 1. The molecule has 0 aliphatic heterocycles. The number of carbonyl (C=O) groups excluding carboxylic acids is 1. The third-order valence-corrected chi connectivity index (χ3v) is 4.54. The highest BCUT2D eigenvalue weighted by molar-refractivity contribution is 9.10. The van der Waals surface area contributed by atoms with Crippen molar-refractivity contribution in [2.24, 2.45) is 5.92 Å². The second kappa shape index (κ2) is 7.97. The lowest BCUT2D eigenvalue weighted by molar-refractivity contribution is -0.143. The van der Waals surface area contributed by atoms with E-state index in [0.29, 0.717) is 12.2 Å². The van der Waals surface area contributed by atoms with E-state index in [9.17, 15) is 9.36 Å². The Labute approximate surface area is 134 Å². The maximum absolute atomic E-state index is 12.5. The van der Waals surface area contributed by atoms with E-state index in [0.717, 1.165) is 4.47 Å². The van der Waals surface area contributed by atoms with Crippen molar-refractivity contribution in [2.75, 3.05) is 13.8 Å². The smallest absolute Gasteiger partial charge is 0.323 e. The summed E-state index contributed by atoms with van der Waals surface area (Å²) in [5.41, 5.74) is 0. The van der Waals surface area contributed by atoms with Gasteiger partial charge in [0.15, 0.2) is 0 Å². The lowest BCUT2D eigenvalue weighted by atomic mass is 10.1. The Morgan fingerprint density at radius 2 is 1.90 bits per heavy atom. The maximum Gasteiger partial charge on any atom is 0.323 e. The lowest BCUT2D eigenvalue weighted by Crippen LogP contribution is -2.37. The predicted octanol–water partition coefficient (Wildman–Crippen LogP) is 3.83. The van der Waals surface area contributed by atoms with Crippen LogP contribution in [0.2, 0.25) is 0 Å². The third kappa shape index (κ3) is 6.64. The fourth-order valence-corrected chi connectivity index (χ4v) is 3.44.